The number of rotatable bonds is 9. The summed E-state index contributed by atoms with van der Waals surface area (Å²) in [6.07, 6.45) is 0.292. The smallest absolute Gasteiger partial charge is 0.225 e. The van der Waals surface area contributed by atoms with Crippen LogP contribution < -0.4 is 10.6 Å². The van der Waals surface area contributed by atoms with Gasteiger partial charge in [0.15, 0.2) is 0 Å². The van der Waals surface area contributed by atoms with Gasteiger partial charge < -0.3 is 20.3 Å². The number of nitrogens with zero attached hydrogens (tertiary/aromatic N) is 1. The van der Waals surface area contributed by atoms with Crippen molar-refractivity contribution < 1.29 is 14.3 Å². The molecule has 132 valence electrons. The monoisotopic (exact) mass is 333 g/mol. The number of amides is 2. The summed E-state index contributed by atoms with van der Waals surface area (Å²) in [5.41, 5.74) is 1.09. The topological polar surface area (TPSA) is 70.7 Å². The zero-order valence-corrected chi connectivity index (χ0v) is 14.5. The second-order valence-corrected chi connectivity index (χ2v) is 6.07. The lowest BCUT2D eigenvalue weighted by atomic mass is 10.1. The van der Waals surface area contributed by atoms with E-state index in [0.29, 0.717) is 32.7 Å². The molecule has 2 unspecified atom stereocenters. The number of hydrogen-bond donors (Lipinski definition) is 2. The van der Waals surface area contributed by atoms with Gasteiger partial charge in [0.2, 0.25) is 11.8 Å². The van der Waals surface area contributed by atoms with Crippen LogP contribution in [0.2, 0.25) is 0 Å². The molecule has 24 heavy (non-hydrogen) atoms. The zero-order chi connectivity index (χ0) is 17.4. The van der Waals surface area contributed by atoms with Gasteiger partial charge in [-0.2, -0.15) is 0 Å². The highest BCUT2D eigenvalue weighted by Crippen LogP contribution is 2.28. The normalized spacial score (nSPS) is 18.7. The van der Waals surface area contributed by atoms with Crippen molar-refractivity contribution in [3.05, 3.63) is 35.9 Å². The minimum atomic E-state index is -0.261. The van der Waals surface area contributed by atoms with E-state index in [2.05, 4.69) is 10.6 Å². The number of methoxy groups -OCH3 is 1. The van der Waals surface area contributed by atoms with Gasteiger partial charge in [-0.1, -0.05) is 30.3 Å². The molecule has 6 nitrogen and oxygen atoms in total. The Morgan fingerprint density at radius 2 is 2.04 bits per heavy atom. The van der Waals surface area contributed by atoms with Crippen LogP contribution >= 0.6 is 0 Å². The molecule has 1 heterocycles. The maximum absolute atomic E-state index is 12.3. The van der Waals surface area contributed by atoms with Crippen LogP contribution in [-0.2, 0) is 14.3 Å². The third kappa shape index (κ3) is 5.04. The quantitative estimate of drug-likeness (QED) is 0.660. The van der Waals surface area contributed by atoms with Crippen LogP contribution in [0.3, 0.4) is 0 Å². The maximum Gasteiger partial charge on any atom is 0.225 e. The van der Waals surface area contributed by atoms with Crippen molar-refractivity contribution in [2.75, 3.05) is 39.9 Å². The van der Waals surface area contributed by atoms with Crippen LogP contribution in [0, 0.1) is 5.92 Å². The number of ether oxygens (including phenoxy) is 1. The Hall–Kier alpha value is -1.92. The molecular formula is C18H27N3O3. The Labute approximate surface area is 143 Å². The lowest BCUT2D eigenvalue weighted by Gasteiger charge is -2.25. The van der Waals surface area contributed by atoms with Crippen LogP contribution in [0.15, 0.2) is 30.3 Å². The van der Waals surface area contributed by atoms with E-state index in [4.69, 9.17) is 4.74 Å². The Balaban J connectivity index is 1.78. The van der Waals surface area contributed by atoms with Crippen molar-refractivity contribution in [1.29, 1.82) is 0 Å². The molecule has 0 aliphatic carbocycles. The van der Waals surface area contributed by atoms with Gasteiger partial charge in [0.25, 0.3) is 0 Å². The number of carbonyl (C=O) groups excluding carboxylic acids is 2. The molecule has 1 aromatic rings. The van der Waals surface area contributed by atoms with Gasteiger partial charge in [-0.3, -0.25) is 9.59 Å². The van der Waals surface area contributed by atoms with E-state index < -0.39 is 0 Å². The molecule has 1 aromatic carbocycles. The molecule has 1 saturated heterocycles. The summed E-state index contributed by atoms with van der Waals surface area (Å²) >= 11 is 0. The molecule has 6 heteroatoms. The standard InChI is InChI=1S/C18H27N3O3/c1-14(15-6-4-3-5-7-15)21-13-16(12-17(21)22)18(23)20-9-8-19-10-11-24-2/h3-7,14,16,19H,8-13H2,1-2H3,(H,20,23). The Morgan fingerprint density at radius 1 is 1.29 bits per heavy atom. The number of hydrogen-bond acceptors (Lipinski definition) is 4. The predicted octanol–water partition coefficient (Wildman–Crippen LogP) is 0.948. The lowest BCUT2D eigenvalue weighted by Crippen LogP contribution is -2.37. The van der Waals surface area contributed by atoms with Crippen molar-refractivity contribution in [3.63, 3.8) is 0 Å². The second kappa shape index (κ2) is 9.39. The molecule has 0 radical (unpaired) electrons. The van der Waals surface area contributed by atoms with Crippen LogP contribution in [0.1, 0.15) is 24.9 Å². The van der Waals surface area contributed by atoms with Gasteiger partial charge in [-0.05, 0) is 12.5 Å². The highest BCUT2D eigenvalue weighted by atomic mass is 16.5. The predicted molar refractivity (Wildman–Crippen MR) is 92.4 cm³/mol. The van der Waals surface area contributed by atoms with E-state index in [-0.39, 0.29) is 23.8 Å². The fraction of sp³-hybridized carbons (Fsp3) is 0.556. The number of carbonyl (C=O) groups is 2. The second-order valence-electron chi connectivity index (χ2n) is 6.07. The fourth-order valence-corrected chi connectivity index (χ4v) is 2.91. The van der Waals surface area contributed by atoms with E-state index in [9.17, 15) is 9.59 Å². The van der Waals surface area contributed by atoms with Crippen LogP contribution in [0.25, 0.3) is 0 Å². The van der Waals surface area contributed by atoms with E-state index in [1.54, 1.807) is 12.0 Å². The first-order valence-corrected chi connectivity index (χ1v) is 8.45. The van der Waals surface area contributed by atoms with Crippen molar-refractivity contribution in [2.45, 2.75) is 19.4 Å². The van der Waals surface area contributed by atoms with Gasteiger partial charge >= 0.3 is 0 Å². The summed E-state index contributed by atoms with van der Waals surface area (Å²) in [6, 6.07) is 9.90. The van der Waals surface area contributed by atoms with Crippen molar-refractivity contribution >= 4 is 11.8 Å². The van der Waals surface area contributed by atoms with Gasteiger partial charge in [0.1, 0.15) is 0 Å². The molecule has 1 aliphatic heterocycles. The number of likely N-dealkylation sites (tertiary alicyclic amines) is 1. The Bertz CT molecular complexity index is 536. The van der Waals surface area contributed by atoms with E-state index in [1.807, 2.05) is 37.3 Å². The summed E-state index contributed by atoms with van der Waals surface area (Å²) < 4.78 is 4.94. The average molecular weight is 333 g/mol. The van der Waals surface area contributed by atoms with Crippen molar-refractivity contribution in [3.8, 4) is 0 Å². The minimum absolute atomic E-state index is 0.00721. The summed E-state index contributed by atoms with van der Waals surface area (Å²) in [6.45, 7) is 5.15. The first-order valence-electron chi connectivity index (χ1n) is 8.45. The van der Waals surface area contributed by atoms with Crippen LogP contribution in [-0.4, -0.2) is 56.6 Å². The van der Waals surface area contributed by atoms with Crippen molar-refractivity contribution in [1.82, 2.24) is 15.5 Å². The van der Waals surface area contributed by atoms with E-state index in [0.717, 1.165) is 12.1 Å². The van der Waals surface area contributed by atoms with E-state index in [1.165, 1.54) is 0 Å². The van der Waals surface area contributed by atoms with Gasteiger partial charge in [-0.15, -0.1) is 0 Å². The first kappa shape index (κ1) is 18.4. The molecule has 0 aromatic heterocycles. The molecule has 0 bridgehead atoms. The molecular weight excluding hydrogens is 306 g/mol. The van der Waals surface area contributed by atoms with Crippen LogP contribution in [0.5, 0.6) is 0 Å². The third-order valence-electron chi connectivity index (χ3n) is 4.36. The first-order chi connectivity index (χ1) is 11.6. The Morgan fingerprint density at radius 3 is 2.75 bits per heavy atom. The fourth-order valence-electron chi connectivity index (χ4n) is 2.91. The highest BCUT2D eigenvalue weighted by molar-refractivity contribution is 5.89. The third-order valence-corrected chi connectivity index (χ3v) is 4.36. The molecule has 2 amide bonds. The largest absolute Gasteiger partial charge is 0.383 e. The van der Waals surface area contributed by atoms with Gasteiger partial charge in [0.05, 0.1) is 18.6 Å². The van der Waals surface area contributed by atoms with Gasteiger partial charge in [0, 0.05) is 39.7 Å². The SMILES string of the molecule is COCCNCCNC(=O)C1CC(=O)N(C(C)c2ccccc2)C1. The average Bonchev–Trinajstić information content (AvgIpc) is 3.00. The van der Waals surface area contributed by atoms with Crippen molar-refractivity contribution in [2.24, 2.45) is 5.92 Å². The molecule has 2 N–H and O–H groups in total. The molecule has 0 spiro atoms. The van der Waals surface area contributed by atoms with E-state index >= 15 is 0 Å². The highest BCUT2D eigenvalue weighted by Gasteiger charge is 2.36. The molecule has 1 fully saturated rings. The Kier molecular flexibility index (Phi) is 7.21. The number of benzene rings is 1. The summed E-state index contributed by atoms with van der Waals surface area (Å²) in [4.78, 5) is 26.3. The molecule has 2 rings (SSSR count). The molecule has 2 atom stereocenters. The maximum atomic E-state index is 12.3. The summed E-state index contributed by atoms with van der Waals surface area (Å²) in [5.74, 6) is -0.257. The summed E-state index contributed by atoms with van der Waals surface area (Å²) in [7, 11) is 1.66. The minimum Gasteiger partial charge on any atom is -0.383 e. The zero-order valence-electron chi connectivity index (χ0n) is 14.5. The van der Waals surface area contributed by atoms with Gasteiger partial charge in [-0.25, -0.2) is 0 Å². The number of nitrogens with one attached hydrogen (secondary N) is 2. The molecule has 0 saturated carbocycles. The lowest BCUT2D eigenvalue weighted by molar-refractivity contribution is -0.130. The molecule has 1 aliphatic rings. The summed E-state index contributed by atoms with van der Waals surface area (Å²) in [5, 5.41) is 6.07. The van der Waals surface area contributed by atoms with Crippen LogP contribution in [0.4, 0.5) is 0 Å².